The molecule has 1 unspecified atom stereocenters. The van der Waals surface area contributed by atoms with Gasteiger partial charge in [0.05, 0.1) is 0 Å². The van der Waals surface area contributed by atoms with Gasteiger partial charge in [0.2, 0.25) is 0 Å². The zero-order chi connectivity index (χ0) is 12.1. The molecule has 7 heteroatoms. The number of aliphatic hydroxyl groups excluding tert-OH is 1. The Bertz CT molecular complexity index is 239. The quantitative estimate of drug-likeness (QED) is 0.589. The standard InChI is InChI=1S/C9H17NO5.Na.H/c1-9(2,3)15-8(14)10-6(4-5-11)7(12)13;;/h6,11H,4-5H2,1-3H3,(H,10,14)(H,12,13);;. The number of carboxylic acids is 1. The number of amides is 1. The molecule has 0 rings (SSSR count). The van der Waals surface area contributed by atoms with Gasteiger partial charge in [-0.15, -0.1) is 0 Å². The van der Waals surface area contributed by atoms with Crippen molar-refractivity contribution in [2.75, 3.05) is 6.61 Å². The van der Waals surface area contributed by atoms with Crippen LogP contribution in [0.2, 0.25) is 0 Å². The van der Waals surface area contributed by atoms with Crippen molar-refractivity contribution < 1.29 is 24.5 Å². The molecule has 0 radical (unpaired) electrons. The number of aliphatic carboxylic acids is 1. The Morgan fingerprint density at radius 3 is 2.19 bits per heavy atom. The Morgan fingerprint density at radius 2 is 1.88 bits per heavy atom. The van der Waals surface area contributed by atoms with Crippen LogP contribution in [0.1, 0.15) is 27.2 Å². The van der Waals surface area contributed by atoms with Gasteiger partial charge < -0.3 is 20.3 Å². The first-order chi connectivity index (χ1) is 6.76. The summed E-state index contributed by atoms with van der Waals surface area (Å²) in [4.78, 5) is 21.8. The van der Waals surface area contributed by atoms with Crippen LogP contribution in [-0.2, 0) is 9.53 Å². The second kappa shape index (κ2) is 7.89. The molecular formula is C9H18NNaO5. The molecule has 0 saturated heterocycles. The monoisotopic (exact) mass is 243 g/mol. The van der Waals surface area contributed by atoms with Crippen LogP contribution in [0.3, 0.4) is 0 Å². The van der Waals surface area contributed by atoms with Gasteiger partial charge in [-0.3, -0.25) is 0 Å². The Balaban J connectivity index is 0. The summed E-state index contributed by atoms with van der Waals surface area (Å²) < 4.78 is 4.87. The van der Waals surface area contributed by atoms with Gasteiger partial charge in [0.1, 0.15) is 11.6 Å². The molecule has 0 aromatic carbocycles. The zero-order valence-electron chi connectivity index (χ0n) is 9.11. The van der Waals surface area contributed by atoms with E-state index in [1.54, 1.807) is 20.8 Å². The van der Waals surface area contributed by atoms with E-state index in [9.17, 15) is 9.59 Å². The second-order valence-electron chi connectivity index (χ2n) is 4.05. The molecule has 0 aliphatic rings. The minimum absolute atomic E-state index is 0. The number of hydrogen-bond acceptors (Lipinski definition) is 4. The van der Waals surface area contributed by atoms with E-state index in [1.807, 2.05) is 0 Å². The van der Waals surface area contributed by atoms with Crippen molar-refractivity contribution in [3.63, 3.8) is 0 Å². The number of aliphatic hydroxyl groups is 1. The van der Waals surface area contributed by atoms with Crippen molar-refractivity contribution in [2.24, 2.45) is 0 Å². The fourth-order valence-electron chi connectivity index (χ4n) is 0.836. The first-order valence-electron chi connectivity index (χ1n) is 4.59. The van der Waals surface area contributed by atoms with E-state index in [0.717, 1.165) is 0 Å². The number of ether oxygens (including phenoxy) is 1. The molecular weight excluding hydrogens is 225 g/mol. The predicted molar refractivity (Wildman–Crippen MR) is 59.6 cm³/mol. The maximum atomic E-state index is 11.2. The van der Waals surface area contributed by atoms with Gasteiger partial charge >= 0.3 is 41.6 Å². The van der Waals surface area contributed by atoms with Gasteiger partial charge in [0.15, 0.2) is 0 Å². The van der Waals surface area contributed by atoms with Crippen molar-refractivity contribution in [3.8, 4) is 0 Å². The topological polar surface area (TPSA) is 95.9 Å². The van der Waals surface area contributed by atoms with Crippen molar-refractivity contribution in [1.82, 2.24) is 5.32 Å². The number of carboxylic acid groups (broad SMARTS) is 1. The molecule has 0 aromatic rings. The molecule has 0 heterocycles. The number of carbonyl (C=O) groups excluding carboxylic acids is 1. The van der Waals surface area contributed by atoms with E-state index in [2.05, 4.69) is 5.32 Å². The van der Waals surface area contributed by atoms with Gasteiger partial charge in [-0.05, 0) is 20.8 Å². The molecule has 90 valence electrons. The number of hydrogen-bond donors (Lipinski definition) is 3. The zero-order valence-corrected chi connectivity index (χ0v) is 9.11. The molecule has 1 atom stereocenters. The summed E-state index contributed by atoms with van der Waals surface area (Å²) in [6.07, 6.45) is -0.850. The van der Waals surface area contributed by atoms with Crippen molar-refractivity contribution in [1.29, 1.82) is 0 Å². The van der Waals surface area contributed by atoms with Crippen molar-refractivity contribution in [3.05, 3.63) is 0 Å². The molecule has 0 aromatic heterocycles. The number of rotatable bonds is 4. The molecule has 0 bridgehead atoms. The molecule has 0 saturated carbocycles. The average Bonchev–Trinajstić information content (AvgIpc) is 1.99. The Morgan fingerprint density at radius 1 is 1.38 bits per heavy atom. The second-order valence-corrected chi connectivity index (χ2v) is 4.05. The number of alkyl carbamates (subject to hydrolysis) is 1. The van der Waals surface area contributed by atoms with Gasteiger partial charge in [-0.2, -0.15) is 0 Å². The van der Waals surface area contributed by atoms with Crippen molar-refractivity contribution >= 4 is 41.6 Å². The van der Waals surface area contributed by atoms with Crippen LogP contribution in [0, 0.1) is 0 Å². The third kappa shape index (κ3) is 8.96. The van der Waals surface area contributed by atoms with Gasteiger partial charge in [-0.25, -0.2) is 9.59 Å². The fourth-order valence-corrected chi connectivity index (χ4v) is 0.836. The van der Waals surface area contributed by atoms with Crippen LogP contribution in [0.25, 0.3) is 0 Å². The maximum absolute atomic E-state index is 11.2. The van der Waals surface area contributed by atoms with E-state index in [0.29, 0.717) is 0 Å². The summed E-state index contributed by atoms with van der Waals surface area (Å²) in [6, 6.07) is -1.12. The summed E-state index contributed by atoms with van der Waals surface area (Å²) in [6.45, 7) is 4.71. The number of nitrogens with one attached hydrogen (secondary N) is 1. The Hall–Kier alpha value is -0.300. The first kappa shape index (κ1) is 18.1. The van der Waals surface area contributed by atoms with Gasteiger partial charge in [-0.1, -0.05) is 0 Å². The molecule has 16 heavy (non-hydrogen) atoms. The molecule has 3 N–H and O–H groups in total. The Labute approximate surface area is 117 Å². The summed E-state index contributed by atoms with van der Waals surface area (Å²) in [5.41, 5.74) is -0.674. The average molecular weight is 243 g/mol. The summed E-state index contributed by atoms with van der Waals surface area (Å²) >= 11 is 0. The first-order valence-corrected chi connectivity index (χ1v) is 4.59. The van der Waals surface area contributed by atoms with E-state index < -0.39 is 23.7 Å². The van der Waals surface area contributed by atoms with Crippen LogP contribution < -0.4 is 5.32 Å². The van der Waals surface area contributed by atoms with Crippen molar-refractivity contribution in [2.45, 2.75) is 38.8 Å². The molecule has 1 amide bonds. The van der Waals surface area contributed by atoms with E-state index in [4.69, 9.17) is 14.9 Å². The van der Waals surface area contributed by atoms with Crippen LogP contribution in [0.15, 0.2) is 0 Å². The number of carbonyl (C=O) groups is 2. The van der Waals surface area contributed by atoms with E-state index in [-0.39, 0.29) is 42.6 Å². The Kier molecular flexibility index (Phi) is 8.91. The van der Waals surface area contributed by atoms with Crippen LogP contribution in [0.4, 0.5) is 4.79 Å². The normalized spacial score (nSPS) is 12.2. The summed E-state index contributed by atoms with van der Waals surface area (Å²) in [5.74, 6) is -1.20. The molecule has 0 fully saturated rings. The molecule has 0 spiro atoms. The minimum atomic E-state index is -1.20. The van der Waals surface area contributed by atoms with Crippen LogP contribution >= 0.6 is 0 Å². The molecule has 6 nitrogen and oxygen atoms in total. The molecule has 0 aliphatic heterocycles. The molecule has 0 aliphatic carbocycles. The third-order valence-corrected chi connectivity index (χ3v) is 1.41. The van der Waals surface area contributed by atoms with Gasteiger partial charge in [0, 0.05) is 13.0 Å². The predicted octanol–water partition coefficient (Wildman–Crippen LogP) is -0.302. The SMILES string of the molecule is CC(C)(C)OC(=O)NC(CCO)C(=O)O.[NaH]. The summed E-state index contributed by atoms with van der Waals surface area (Å²) in [5, 5.41) is 19.4. The third-order valence-electron chi connectivity index (χ3n) is 1.41. The fraction of sp³-hybridized carbons (Fsp3) is 0.778. The summed E-state index contributed by atoms with van der Waals surface area (Å²) in [7, 11) is 0. The van der Waals surface area contributed by atoms with E-state index in [1.165, 1.54) is 0 Å². The van der Waals surface area contributed by atoms with Crippen LogP contribution in [-0.4, -0.2) is 70.1 Å². The van der Waals surface area contributed by atoms with E-state index >= 15 is 0 Å². The van der Waals surface area contributed by atoms with Gasteiger partial charge in [0.25, 0.3) is 0 Å². The van der Waals surface area contributed by atoms with Crippen LogP contribution in [0.5, 0.6) is 0 Å².